The number of anilines is 1. The van der Waals surface area contributed by atoms with Crippen molar-refractivity contribution in [2.24, 2.45) is 0 Å². The number of carboxylic acids is 1. The van der Waals surface area contributed by atoms with Gasteiger partial charge in [0.25, 0.3) is 0 Å². The molecule has 5 N–H and O–H groups in total. The molecular weight excluding hydrogens is 422 g/mol. The number of carbonyl (C=O) groups is 1. The maximum Gasteiger partial charge on any atom is 0.308 e. The number of aliphatic hydroxyl groups is 2. The number of fused-ring (bicyclic) bond motifs is 1. The van der Waals surface area contributed by atoms with Gasteiger partial charge in [0.2, 0.25) is 0 Å². The van der Waals surface area contributed by atoms with Gasteiger partial charge in [-0.05, 0) is 10.9 Å². The maximum atomic E-state index is 11.1. The number of aliphatic hydroxyl groups excluding tert-OH is 2. The van der Waals surface area contributed by atoms with Crippen molar-refractivity contribution in [3.8, 4) is 0 Å². The van der Waals surface area contributed by atoms with E-state index in [1.165, 1.54) is 17.2 Å². The Morgan fingerprint density at radius 2 is 1.94 bits per heavy atom. The van der Waals surface area contributed by atoms with Crippen molar-refractivity contribution in [2.75, 3.05) is 17.2 Å². The lowest BCUT2D eigenvalue weighted by atomic mass is 10.1. The van der Waals surface area contributed by atoms with E-state index in [9.17, 15) is 15.0 Å². The molecule has 1 saturated heterocycles. The minimum Gasteiger partial charge on any atom is -0.481 e. The van der Waals surface area contributed by atoms with Crippen LogP contribution in [0.5, 0.6) is 0 Å². The number of rotatable bonds is 8. The number of aromatic nitrogens is 4. The molecule has 1 fully saturated rings. The molecule has 3 aromatic rings. The zero-order chi connectivity index (χ0) is 22.0. The highest BCUT2D eigenvalue weighted by molar-refractivity contribution is 7.96. The third-order valence-corrected chi connectivity index (χ3v) is 7.54. The largest absolute Gasteiger partial charge is 0.481 e. The number of imidazole rings is 1. The van der Waals surface area contributed by atoms with Crippen molar-refractivity contribution in [1.29, 1.82) is 0 Å². The summed E-state index contributed by atoms with van der Waals surface area (Å²) in [4.78, 5) is 23.4. The highest BCUT2D eigenvalue weighted by Crippen LogP contribution is 2.33. The molecule has 0 bridgehead atoms. The number of aliphatic carboxylic acids is 1. The molecule has 5 atom stereocenters. The first-order valence-corrected chi connectivity index (χ1v) is 11.5. The fraction of sp³-hybridized carbons (Fsp3) is 0.400. The topological polar surface area (TPSA) is 157 Å². The predicted molar refractivity (Wildman–Crippen MR) is 115 cm³/mol. The molecule has 0 radical (unpaired) electrons. The summed E-state index contributed by atoms with van der Waals surface area (Å²) in [5.74, 6) is 0.930. The summed E-state index contributed by atoms with van der Waals surface area (Å²) in [7, 11) is -0.361. The van der Waals surface area contributed by atoms with Gasteiger partial charge < -0.3 is 25.8 Å². The smallest absolute Gasteiger partial charge is 0.308 e. The van der Waals surface area contributed by atoms with E-state index in [-0.39, 0.29) is 23.1 Å². The highest BCUT2D eigenvalue weighted by Gasteiger charge is 2.47. The average Bonchev–Trinajstić information content (AvgIpc) is 3.30. The van der Waals surface area contributed by atoms with Crippen LogP contribution in [-0.2, 0) is 26.2 Å². The Bertz CT molecular complexity index is 1050. The van der Waals surface area contributed by atoms with E-state index in [1.807, 2.05) is 30.3 Å². The van der Waals surface area contributed by atoms with Crippen molar-refractivity contribution >= 4 is 33.8 Å². The lowest BCUT2D eigenvalue weighted by Crippen LogP contribution is -2.36. The van der Waals surface area contributed by atoms with E-state index in [0.717, 1.165) is 5.56 Å². The van der Waals surface area contributed by atoms with Crippen LogP contribution in [0.4, 0.5) is 5.82 Å². The Morgan fingerprint density at radius 3 is 2.68 bits per heavy atom. The first kappa shape index (κ1) is 21.5. The molecular formula is C20H24N5O5S+. The van der Waals surface area contributed by atoms with E-state index < -0.39 is 30.5 Å². The molecule has 0 saturated carbocycles. The van der Waals surface area contributed by atoms with Gasteiger partial charge in [-0.2, -0.15) is 0 Å². The van der Waals surface area contributed by atoms with Gasteiger partial charge >= 0.3 is 5.97 Å². The van der Waals surface area contributed by atoms with Crippen LogP contribution in [0, 0.1) is 0 Å². The molecule has 1 aromatic carbocycles. The molecule has 4 rings (SSSR count). The summed E-state index contributed by atoms with van der Waals surface area (Å²) in [5, 5.41) is 30.5. The predicted octanol–water partition coefficient (Wildman–Crippen LogP) is 0.321. The normalized spacial score (nSPS) is 24.5. The van der Waals surface area contributed by atoms with Crippen molar-refractivity contribution < 1.29 is 24.9 Å². The van der Waals surface area contributed by atoms with E-state index in [4.69, 9.17) is 15.6 Å². The summed E-state index contributed by atoms with van der Waals surface area (Å²) in [5.41, 5.74) is 7.71. The molecule has 31 heavy (non-hydrogen) atoms. The van der Waals surface area contributed by atoms with Gasteiger partial charge in [-0.3, -0.25) is 9.36 Å². The van der Waals surface area contributed by atoms with Crippen molar-refractivity contribution in [3.05, 3.63) is 48.5 Å². The Hall–Kier alpha value is -2.73. The van der Waals surface area contributed by atoms with Gasteiger partial charge in [0.15, 0.2) is 17.7 Å². The first-order valence-electron chi connectivity index (χ1n) is 9.78. The van der Waals surface area contributed by atoms with Crippen LogP contribution in [0.3, 0.4) is 0 Å². The molecule has 1 aliphatic rings. The lowest BCUT2D eigenvalue weighted by Gasteiger charge is -2.16. The van der Waals surface area contributed by atoms with Crippen LogP contribution < -0.4 is 5.73 Å². The molecule has 11 heteroatoms. The lowest BCUT2D eigenvalue weighted by molar-refractivity contribution is -0.136. The van der Waals surface area contributed by atoms with Gasteiger partial charge in [0, 0.05) is 5.56 Å². The average molecular weight is 447 g/mol. The van der Waals surface area contributed by atoms with Gasteiger partial charge in [0.05, 0.1) is 12.7 Å². The number of hydrogen-bond acceptors (Lipinski definition) is 8. The maximum absolute atomic E-state index is 11.1. The number of benzene rings is 1. The van der Waals surface area contributed by atoms with Gasteiger partial charge in [-0.1, -0.05) is 30.3 Å². The summed E-state index contributed by atoms with van der Waals surface area (Å²) < 4.78 is 7.57. The third-order valence-electron chi connectivity index (χ3n) is 5.22. The number of hydrogen-bond donors (Lipinski definition) is 4. The molecule has 164 valence electrons. The van der Waals surface area contributed by atoms with Crippen molar-refractivity contribution in [2.45, 2.75) is 36.7 Å². The minimum absolute atomic E-state index is 0.0348. The van der Waals surface area contributed by atoms with E-state index in [0.29, 0.717) is 28.4 Å². The molecule has 3 heterocycles. The second-order valence-corrected chi connectivity index (χ2v) is 9.64. The van der Waals surface area contributed by atoms with Crippen LogP contribution in [0.15, 0.2) is 43.0 Å². The SMILES string of the molecule is Nc1ncnc2c1ncn2[C@@H]1O[C@H](C[S+](CCC(=O)O)Cc2ccccc2)C(O)[C@@H]1O. The first-order chi connectivity index (χ1) is 14.9. The monoisotopic (exact) mass is 446 g/mol. The van der Waals surface area contributed by atoms with Gasteiger partial charge in [-0.15, -0.1) is 0 Å². The van der Waals surface area contributed by atoms with Crippen LogP contribution in [0.25, 0.3) is 11.2 Å². The van der Waals surface area contributed by atoms with Crippen LogP contribution in [0.2, 0.25) is 0 Å². The zero-order valence-electron chi connectivity index (χ0n) is 16.6. The van der Waals surface area contributed by atoms with E-state index in [2.05, 4.69) is 15.0 Å². The van der Waals surface area contributed by atoms with Crippen molar-refractivity contribution in [1.82, 2.24) is 19.5 Å². The fourth-order valence-corrected chi connectivity index (χ4v) is 5.94. The summed E-state index contributed by atoms with van der Waals surface area (Å²) in [6.45, 7) is 0. The number of nitrogens with zero attached hydrogens (tertiary/aromatic N) is 4. The number of carboxylic acid groups (broad SMARTS) is 1. The molecule has 2 aromatic heterocycles. The van der Waals surface area contributed by atoms with Crippen LogP contribution in [0.1, 0.15) is 18.2 Å². The molecule has 2 unspecified atom stereocenters. The Kier molecular flexibility index (Phi) is 6.37. The second kappa shape index (κ2) is 9.18. The third kappa shape index (κ3) is 4.64. The molecule has 1 aliphatic heterocycles. The Labute approximate surface area is 181 Å². The molecule has 0 spiro atoms. The van der Waals surface area contributed by atoms with E-state index >= 15 is 0 Å². The Balaban J connectivity index is 1.52. The van der Waals surface area contributed by atoms with Crippen molar-refractivity contribution in [3.63, 3.8) is 0 Å². The molecule has 10 nitrogen and oxygen atoms in total. The van der Waals surface area contributed by atoms with Crippen LogP contribution in [-0.4, -0.2) is 70.6 Å². The van der Waals surface area contributed by atoms with Gasteiger partial charge in [-0.25, -0.2) is 15.0 Å². The summed E-state index contributed by atoms with van der Waals surface area (Å²) >= 11 is 0. The quantitative estimate of drug-likeness (QED) is 0.358. The summed E-state index contributed by atoms with van der Waals surface area (Å²) in [6, 6.07) is 9.78. The van der Waals surface area contributed by atoms with E-state index in [1.54, 1.807) is 0 Å². The highest BCUT2D eigenvalue weighted by atomic mass is 32.2. The number of nitrogen functional groups attached to an aromatic ring is 1. The molecule has 0 aliphatic carbocycles. The standard InChI is InChI=1S/C20H23N5O5S/c21-18-15-19(23-10-22-18)25(11-24-15)20-17(29)16(28)13(30-20)9-31(7-6-14(26)27)8-12-4-2-1-3-5-12/h1-5,10-11,13,16-17,20,28-29H,6-9H2,(H2-,21,22,23,26,27)/p+1/t13-,16?,17+,20-,31?/m1/s1. The minimum atomic E-state index is -1.19. The molecule has 0 amide bonds. The fourth-order valence-electron chi connectivity index (χ4n) is 3.64. The van der Waals surface area contributed by atoms with Gasteiger partial charge in [0.1, 0.15) is 47.4 Å². The zero-order valence-corrected chi connectivity index (χ0v) is 17.4. The number of nitrogens with two attached hydrogens (primary N) is 1. The van der Waals surface area contributed by atoms with Crippen LogP contribution >= 0.6 is 0 Å². The summed E-state index contributed by atoms with van der Waals surface area (Å²) in [6.07, 6.45) is -1.08. The second-order valence-electron chi connectivity index (χ2n) is 7.39. The Morgan fingerprint density at radius 1 is 1.16 bits per heavy atom. The number of ether oxygens (including phenoxy) is 1.